The number of nitrogens with zero attached hydrogens (tertiary/aromatic N) is 1. The molecule has 1 aliphatic heterocycles. The van der Waals surface area contributed by atoms with Gasteiger partial charge in [0.15, 0.2) is 17.5 Å². The summed E-state index contributed by atoms with van der Waals surface area (Å²) in [7, 11) is 0. The average molecular weight is 293 g/mol. The summed E-state index contributed by atoms with van der Waals surface area (Å²) >= 11 is 0. The van der Waals surface area contributed by atoms with Crippen LogP contribution in [0.25, 0.3) is 0 Å². The lowest BCUT2D eigenvalue weighted by Gasteiger charge is -2.18. The van der Waals surface area contributed by atoms with E-state index in [4.69, 9.17) is 0 Å². The molecule has 2 fully saturated rings. The molecule has 0 N–H and O–H groups in total. The molecule has 1 heterocycles. The highest BCUT2D eigenvalue weighted by molar-refractivity contribution is 6.22. The van der Waals surface area contributed by atoms with Gasteiger partial charge in [-0.1, -0.05) is 12.2 Å². The number of halogens is 3. The van der Waals surface area contributed by atoms with Gasteiger partial charge in [0.25, 0.3) is 0 Å². The van der Waals surface area contributed by atoms with Crippen LogP contribution in [0.1, 0.15) is 6.42 Å². The number of hydrogen-bond acceptors (Lipinski definition) is 2. The van der Waals surface area contributed by atoms with E-state index < -0.39 is 46.8 Å². The Labute approximate surface area is 118 Å². The van der Waals surface area contributed by atoms with Gasteiger partial charge in [0.2, 0.25) is 11.8 Å². The molecule has 1 aromatic rings. The minimum atomic E-state index is -1.35. The maximum Gasteiger partial charge on any atom is 0.238 e. The molecule has 0 spiro atoms. The number of benzene rings is 1. The minimum Gasteiger partial charge on any atom is -0.274 e. The van der Waals surface area contributed by atoms with Crippen LogP contribution in [0, 0.1) is 41.1 Å². The van der Waals surface area contributed by atoms with E-state index in [9.17, 15) is 22.8 Å². The van der Waals surface area contributed by atoms with Crippen LogP contribution in [0.5, 0.6) is 0 Å². The topological polar surface area (TPSA) is 37.4 Å². The summed E-state index contributed by atoms with van der Waals surface area (Å²) < 4.78 is 40.2. The van der Waals surface area contributed by atoms with Crippen LogP contribution in [0.3, 0.4) is 0 Å². The van der Waals surface area contributed by atoms with Gasteiger partial charge in [-0.15, -0.1) is 0 Å². The minimum absolute atomic E-state index is 0.0187. The number of anilines is 1. The fourth-order valence-electron chi connectivity index (χ4n) is 3.82. The second kappa shape index (κ2) is 3.96. The van der Waals surface area contributed by atoms with Crippen molar-refractivity contribution in [1.82, 2.24) is 0 Å². The number of hydrogen-bond donors (Lipinski definition) is 0. The SMILES string of the molecule is O=C1C2C3C=CC(C3)C2C(=O)N1c1cc(F)c(F)cc1F. The van der Waals surface area contributed by atoms with Gasteiger partial charge in [0.05, 0.1) is 17.5 Å². The molecule has 0 aromatic heterocycles. The molecule has 1 saturated heterocycles. The number of allylic oxidation sites excluding steroid dienone is 2. The first kappa shape index (κ1) is 12.6. The van der Waals surface area contributed by atoms with Crippen LogP contribution in [-0.2, 0) is 9.59 Å². The van der Waals surface area contributed by atoms with Crippen LogP contribution in [0.2, 0.25) is 0 Å². The van der Waals surface area contributed by atoms with Crippen molar-refractivity contribution in [3.05, 3.63) is 41.7 Å². The molecule has 2 aliphatic carbocycles. The van der Waals surface area contributed by atoms with E-state index in [-0.39, 0.29) is 11.8 Å². The van der Waals surface area contributed by atoms with E-state index in [1.165, 1.54) is 0 Å². The summed E-state index contributed by atoms with van der Waals surface area (Å²) in [5.74, 6) is -5.83. The van der Waals surface area contributed by atoms with Crippen molar-refractivity contribution in [3.63, 3.8) is 0 Å². The highest BCUT2D eigenvalue weighted by atomic mass is 19.2. The van der Waals surface area contributed by atoms with Crippen molar-refractivity contribution >= 4 is 17.5 Å². The fraction of sp³-hybridized carbons (Fsp3) is 0.333. The van der Waals surface area contributed by atoms with Gasteiger partial charge >= 0.3 is 0 Å². The van der Waals surface area contributed by atoms with Gasteiger partial charge in [-0.05, 0) is 18.3 Å². The van der Waals surface area contributed by atoms with E-state index in [1.807, 2.05) is 12.2 Å². The fourth-order valence-corrected chi connectivity index (χ4v) is 3.82. The maximum atomic E-state index is 13.8. The van der Waals surface area contributed by atoms with Crippen molar-refractivity contribution in [3.8, 4) is 0 Å². The first-order chi connectivity index (χ1) is 9.99. The number of imide groups is 1. The Hall–Kier alpha value is -2.11. The smallest absolute Gasteiger partial charge is 0.238 e. The van der Waals surface area contributed by atoms with Crippen LogP contribution < -0.4 is 4.90 Å². The Morgan fingerprint density at radius 1 is 0.857 bits per heavy atom. The summed E-state index contributed by atoms with van der Waals surface area (Å²) in [6, 6.07) is 0.920. The molecule has 0 radical (unpaired) electrons. The van der Waals surface area contributed by atoms with Gasteiger partial charge < -0.3 is 0 Å². The number of fused-ring (bicyclic) bond motifs is 5. The largest absolute Gasteiger partial charge is 0.274 e. The predicted octanol–water partition coefficient (Wildman–Crippen LogP) is 2.42. The van der Waals surface area contributed by atoms with E-state index in [0.717, 1.165) is 6.42 Å². The van der Waals surface area contributed by atoms with Crippen molar-refractivity contribution in [2.45, 2.75) is 6.42 Å². The van der Waals surface area contributed by atoms with E-state index in [1.54, 1.807) is 0 Å². The summed E-state index contributed by atoms with van der Waals surface area (Å²) in [6.45, 7) is 0. The lowest BCUT2D eigenvalue weighted by atomic mass is 9.85. The molecule has 2 amide bonds. The van der Waals surface area contributed by atoms with E-state index >= 15 is 0 Å². The lowest BCUT2D eigenvalue weighted by Crippen LogP contribution is -2.33. The third-order valence-corrected chi connectivity index (χ3v) is 4.70. The molecule has 3 aliphatic rings. The van der Waals surface area contributed by atoms with E-state index in [2.05, 4.69) is 0 Å². The molecule has 4 atom stereocenters. The van der Waals surface area contributed by atoms with Crippen LogP contribution in [-0.4, -0.2) is 11.8 Å². The summed E-state index contributed by atoms with van der Waals surface area (Å²) in [5, 5.41) is 0. The van der Waals surface area contributed by atoms with Gasteiger partial charge in [0.1, 0.15) is 0 Å². The molecular weight excluding hydrogens is 283 g/mol. The molecule has 3 nitrogen and oxygen atoms in total. The Kier molecular flexibility index (Phi) is 2.38. The molecule has 4 rings (SSSR count). The normalized spacial score (nSPS) is 33.2. The van der Waals surface area contributed by atoms with Crippen molar-refractivity contribution in [1.29, 1.82) is 0 Å². The Bertz CT molecular complexity index is 685. The zero-order valence-electron chi connectivity index (χ0n) is 10.7. The van der Waals surface area contributed by atoms with Crippen molar-refractivity contribution < 1.29 is 22.8 Å². The number of rotatable bonds is 1. The Balaban J connectivity index is 1.80. The summed E-state index contributed by atoms with van der Waals surface area (Å²) in [6.07, 6.45) is 4.56. The van der Waals surface area contributed by atoms with Gasteiger partial charge in [-0.2, -0.15) is 0 Å². The number of carbonyl (C=O) groups excluding carboxylic acids is 2. The van der Waals surface area contributed by atoms with Crippen molar-refractivity contribution in [2.24, 2.45) is 23.7 Å². The molecule has 1 saturated carbocycles. The zero-order chi connectivity index (χ0) is 14.9. The van der Waals surface area contributed by atoms with Crippen LogP contribution in [0.4, 0.5) is 18.9 Å². The second-order valence-corrected chi connectivity index (χ2v) is 5.73. The van der Waals surface area contributed by atoms with Gasteiger partial charge in [-0.3, -0.25) is 9.59 Å². The number of carbonyl (C=O) groups is 2. The molecule has 6 heteroatoms. The molecule has 2 bridgehead atoms. The molecule has 21 heavy (non-hydrogen) atoms. The molecule has 4 unspecified atom stereocenters. The summed E-state index contributed by atoms with van der Waals surface area (Å²) in [4.78, 5) is 25.5. The molecular formula is C15H10F3NO2. The van der Waals surface area contributed by atoms with Gasteiger partial charge in [-0.25, -0.2) is 18.1 Å². The molecule has 1 aromatic carbocycles. The third kappa shape index (κ3) is 1.50. The molecule has 108 valence electrons. The second-order valence-electron chi connectivity index (χ2n) is 5.73. The Morgan fingerprint density at radius 3 is 1.95 bits per heavy atom. The average Bonchev–Trinajstić information content (AvgIpc) is 3.09. The lowest BCUT2D eigenvalue weighted by molar-refractivity contribution is -0.123. The standard InChI is InChI=1S/C15H10F3NO2/c16-8-4-10(18)11(5-9(8)17)19-14(20)12-6-1-2-7(3-6)13(12)15(19)21/h1-2,4-7,12-13H,3H2. The quantitative estimate of drug-likeness (QED) is 0.453. The van der Waals surface area contributed by atoms with Crippen molar-refractivity contribution in [2.75, 3.05) is 4.90 Å². The highest BCUT2D eigenvalue weighted by Gasteiger charge is 2.59. The van der Waals surface area contributed by atoms with Crippen LogP contribution >= 0.6 is 0 Å². The summed E-state index contributed by atoms with van der Waals surface area (Å²) in [5.41, 5.74) is -0.502. The van der Waals surface area contributed by atoms with E-state index in [0.29, 0.717) is 17.0 Å². The zero-order valence-corrected chi connectivity index (χ0v) is 10.7. The monoisotopic (exact) mass is 293 g/mol. The highest BCUT2D eigenvalue weighted by Crippen LogP contribution is 2.53. The predicted molar refractivity (Wildman–Crippen MR) is 66.5 cm³/mol. The van der Waals surface area contributed by atoms with Gasteiger partial charge in [0, 0.05) is 12.1 Å². The third-order valence-electron chi connectivity index (χ3n) is 4.70. The Morgan fingerprint density at radius 2 is 1.38 bits per heavy atom. The number of amides is 2. The first-order valence-corrected chi connectivity index (χ1v) is 6.69. The first-order valence-electron chi connectivity index (χ1n) is 6.69. The maximum absolute atomic E-state index is 13.8. The van der Waals surface area contributed by atoms with Crippen LogP contribution in [0.15, 0.2) is 24.3 Å².